The molecular formula is C10H17Cl2N4O2+. The lowest BCUT2D eigenvalue weighted by molar-refractivity contribution is -0.918. The number of nitro groups is 1. The van der Waals surface area contributed by atoms with E-state index in [0.29, 0.717) is 47.4 Å². The molecule has 1 rings (SSSR count). The Morgan fingerprint density at radius 1 is 1.39 bits per heavy atom. The summed E-state index contributed by atoms with van der Waals surface area (Å²) in [5.74, 6) is 1.45. The predicted octanol–water partition coefficient (Wildman–Crippen LogP) is 2.05. The van der Waals surface area contributed by atoms with E-state index in [9.17, 15) is 10.1 Å². The number of rotatable bonds is 7. The van der Waals surface area contributed by atoms with Gasteiger partial charge in [-0.15, -0.1) is 23.2 Å². The Labute approximate surface area is 116 Å². The molecule has 1 aromatic heterocycles. The van der Waals surface area contributed by atoms with E-state index in [-0.39, 0.29) is 5.82 Å². The van der Waals surface area contributed by atoms with Crippen LogP contribution in [0.1, 0.15) is 11.5 Å². The normalized spacial score (nSPS) is 11.8. The maximum absolute atomic E-state index is 10.9. The summed E-state index contributed by atoms with van der Waals surface area (Å²) in [6, 6.07) is 0. The van der Waals surface area contributed by atoms with Crippen LogP contribution in [0.2, 0.25) is 0 Å². The average Bonchev–Trinajstić information content (AvgIpc) is 2.59. The van der Waals surface area contributed by atoms with E-state index < -0.39 is 4.92 Å². The van der Waals surface area contributed by atoms with Crippen LogP contribution in [0.4, 0.5) is 5.82 Å². The molecule has 0 saturated heterocycles. The highest BCUT2D eigenvalue weighted by Crippen LogP contribution is 2.20. The van der Waals surface area contributed by atoms with Crippen LogP contribution in [0.25, 0.3) is 0 Å². The van der Waals surface area contributed by atoms with Gasteiger partial charge in [0.15, 0.2) is 11.5 Å². The number of hydrogen-bond acceptors (Lipinski definition) is 3. The summed E-state index contributed by atoms with van der Waals surface area (Å²) < 4.78 is 0.540. The molecule has 1 N–H and O–H groups in total. The molecule has 1 aromatic rings. The Bertz CT molecular complexity index is 416. The largest absolute Gasteiger partial charge is 0.358 e. The Hall–Kier alpha value is -0.850. The maximum Gasteiger partial charge on any atom is 0.349 e. The highest BCUT2D eigenvalue weighted by atomic mass is 35.5. The minimum Gasteiger partial charge on any atom is -0.358 e. The first-order valence-corrected chi connectivity index (χ1v) is 6.64. The lowest BCUT2D eigenvalue weighted by Gasteiger charge is -2.32. The number of nitrogens with zero attached hydrogens (tertiary/aromatic N) is 3. The standard InChI is InChI=1S/C10H17Cl2N4O2/c1-8-13-9(10(14-8)15(17)18)7-16(2,5-3-11)6-4-12/h3-7H2,1-2H3,(H,13,14)/q+1. The number of hydrogen-bond donors (Lipinski definition) is 1. The summed E-state index contributed by atoms with van der Waals surface area (Å²) in [5, 5.41) is 10.9. The van der Waals surface area contributed by atoms with Crippen LogP contribution in [-0.2, 0) is 6.54 Å². The number of imidazole rings is 1. The van der Waals surface area contributed by atoms with E-state index in [2.05, 4.69) is 9.97 Å². The van der Waals surface area contributed by atoms with Crippen molar-refractivity contribution >= 4 is 29.0 Å². The Morgan fingerprint density at radius 2 is 1.94 bits per heavy atom. The Morgan fingerprint density at radius 3 is 2.39 bits per heavy atom. The zero-order chi connectivity index (χ0) is 13.8. The number of H-pyrrole nitrogens is 1. The highest BCUT2D eigenvalue weighted by molar-refractivity contribution is 6.18. The van der Waals surface area contributed by atoms with Gasteiger partial charge >= 0.3 is 5.82 Å². The van der Waals surface area contributed by atoms with Crippen molar-refractivity contribution in [1.29, 1.82) is 0 Å². The molecule has 0 bridgehead atoms. The number of quaternary nitrogens is 1. The highest BCUT2D eigenvalue weighted by Gasteiger charge is 2.28. The number of aromatic amines is 1. The van der Waals surface area contributed by atoms with Crippen molar-refractivity contribution in [3.63, 3.8) is 0 Å². The van der Waals surface area contributed by atoms with Crippen molar-refractivity contribution in [2.45, 2.75) is 13.5 Å². The maximum atomic E-state index is 10.9. The van der Waals surface area contributed by atoms with Gasteiger partial charge in [-0.1, -0.05) is 0 Å². The van der Waals surface area contributed by atoms with Crippen LogP contribution in [0, 0.1) is 17.0 Å². The zero-order valence-corrected chi connectivity index (χ0v) is 12.0. The topological polar surface area (TPSA) is 71.8 Å². The van der Waals surface area contributed by atoms with Gasteiger partial charge in [-0.25, -0.2) is 9.97 Å². The number of halogens is 2. The summed E-state index contributed by atoms with van der Waals surface area (Å²) in [7, 11) is 1.97. The van der Waals surface area contributed by atoms with Crippen LogP contribution in [-0.4, -0.2) is 51.3 Å². The SMILES string of the molecule is Cc1nc(C[N+](C)(CCCl)CCCl)c([N+](=O)[O-])[nH]1. The van der Waals surface area contributed by atoms with Crippen molar-refractivity contribution in [3.8, 4) is 0 Å². The second-order valence-electron chi connectivity index (χ2n) is 4.48. The summed E-state index contributed by atoms with van der Waals surface area (Å²) in [6.45, 7) is 3.53. The van der Waals surface area contributed by atoms with Crippen molar-refractivity contribution in [2.75, 3.05) is 31.9 Å². The second kappa shape index (κ2) is 6.36. The molecule has 1 heterocycles. The van der Waals surface area contributed by atoms with E-state index in [0.717, 1.165) is 0 Å². The van der Waals surface area contributed by atoms with Gasteiger partial charge in [0.2, 0.25) is 0 Å². The molecule has 102 valence electrons. The van der Waals surface area contributed by atoms with Crippen LogP contribution in [0.3, 0.4) is 0 Å². The molecule has 0 amide bonds. The summed E-state index contributed by atoms with van der Waals surface area (Å²) in [5.41, 5.74) is 0.454. The number of aryl methyl sites for hydroxylation is 1. The van der Waals surface area contributed by atoms with Gasteiger partial charge in [0.05, 0.1) is 31.9 Å². The molecule has 8 heteroatoms. The number of aromatic nitrogens is 2. The van der Waals surface area contributed by atoms with Crippen LogP contribution in [0.15, 0.2) is 0 Å². The van der Waals surface area contributed by atoms with Gasteiger partial charge in [0, 0.05) is 6.92 Å². The van der Waals surface area contributed by atoms with Crippen LogP contribution >= 0.6 is 23.2 Å². The van der Waals surface area contributed by atoms with Gasteiger partial charge in [-0.2, -0.15) is 0 Å². The van der Waals surface area contributed by atoms with Gasteiger partial charge in [-0.3, -0.25) is 0 Å². The first-order valence-electron chi connectivity index (χ1n) is 5.57. The monoisotopic (exact) mass is 295 g/mol. The summed E-state index contributed by atoms with van der Waals surface area (Å²) in [4.78, 5) is 17.3. The smallest absolute Gasteiger partial charge is 0.349 e. The zero-order valence-electron chi connectivity index (χ0n) is 10.4. The summed E-state index contributed by atoms with van der Waals surface area (Å²) in [6.07, 6.45) is 0. The first-order chi connectivity index (χ1) is 8.41. The van der Waals surface area contributed by atoms with Crippen molar-refractivity contribution in [1.82, 2.24) is 9.97 Å². The summed E-state index contributed by atoms with van der Waals surface area (Å²) >= 11 is 11.5. The predicted molar refractivity (Wildman–Crippen MR) is 71.0 cm³/mol. The fraction of sp³-hybridized carbons (Fsp3) is 0.700. The molecule has 0 aliphatic heterocycles. The van der Waals surface area contributed by atoms with Crippen molar-refractivity contribution in [2.24, 2.45) is 0 Å². The first kappa shape index (κ1) is 15.2. The lowest BCUT2D eigenvalue weighted by Crippen LogP contribution is -2.46. The molecule has 0 aliphatic rings. The third-order valence-electron chi connectivity index (χ3n) is 2.84. The van der Waals surface area contributed by atoms with E-state index in [1.165, 1.54) is 0 Å². The van der Waals surface area contributed by atoms with E-state index >= 15 is 0 Å². The molecule has 6 nitrogen and oxygen atoms in total. The minimum absolute atomic E-state index is 0.0407. The van der Waals surface area contributed by atoms with E-state index in [1.54, 1.807) is 6.92 Å². The quantitative estimate of drug-likeness (QED) is 0.362. The fourth-order valence-electron chi connectivity index (χ4n) is 1.83. The molecule has 0 spiro atoms. The molecule has 0 fully saturated rings. The third kappa shape index (κ3) is 3.83. The second-order valence-corrected chi connectivity index (χ2v) is 5.23. The number of nitrogens with one attached hydrogen (secondary N) is 1. The Balaban J connectivity index is 2.96. The van der Waals surface area contributed by atoms with Crippen molar-refractivity contribution < 1.29 is 9.41 Å². The van der Waals surface area contributed by atoms with E-state index in [4.69, 9.17) is 23.2 Å². The fourth-order valence-corrected chi connectivity index (χ4v) is 2.64. The van der Waals surface area contributed by atoms with E-state index in [1.807, 2.05) is 7.05 Å². The molecule has 0 atom stereocenters. The lowest BCUT2D eigenvalue weighted by atomic mass is 10.3. The van der Waals surface area contributed by atoms with Crippen molar-refractivity contribution in [3.05, 3.63) is 21.6 Å². The molecular weight excluding hydrogens is 279 g/mol. The van der Waals surface area contributed by atoms with Crippen LogP contribution in [0.5, 0.6) is 0 Å². The van der Waals surface area contributed by atoms with Gasteiger partial charge in [0.1, 0.15) is 6.54 Å². The van der Waals surface area contributed by atoms with Gasteiger partial charge < -0.3 is 14.6 Å². The third-order valence-corrected chi connectivity index (χ3v) is 3.18. The average molecular weight is 296 g/mol. The molecule has 0 saturated carbocycles. The molecule has 0 aromatic carbocycles. The van der Waals surface area contributed by atoms with Crippen LogP contribution < -0.4 is 0 Å². The Kier molecular flexibility index (Phi) is 5.37. The number of alkyl halides is 2. The van der Waals surface area contributed by atoms with Gasteiger partial charge in [-0.05, 0) is 4.92 Å². The molecule has 18 heavy (non-hydrogen) atoms. The van der Waals surface area contributed by atoms with Gasteiger partial charge in [0.25, 0.3) is 0 Å². The molecule has 0 aliphatic carbocycles. The molecule has 0 radical (unpaired) electrons. The molecule has 0 unspecified atom stereocenters. The minimum atomic E-state index is -0.443.